The Morgan fingerprint density at radius 3 is 2.33 bits per heavy atom. The molecule has 3 aromatic carbocycles. The van der Waals surface area contributed by atoms with Crippen molar-refractivity contribution >= 4 is 46.1 Å². The van der Waals surface area contributed by atoms with Crippen LogP contribution < -0.4 is 10.2 Å². The van der Waals surface area contributed by atoms with Gasteiger partial charge in [0.1, 0.15) is 0 Å². The molecule has 5 nitrogen and oxygen atoms in total. The van der Waals surface area contributed by atoms with Crippen LogP contribution in [0.15, 0.2) is 90.3 Å². The number of nitrogens with one attached hydrogen (secondary N) is 1. The molecule has 0 unspecified atom stereocenters. The van der Waals surface area contributed by atoms with E-state index in [9.17, 15) is 9.59 Å². The van der Waals surface area contributed by atoms with Crippen LogP contribution in [-0.2, 0) is 6.54 Å². The van der Waals surface area contributed by atoms with E-state index >= 15 is 0 Å². The SMILES string of the molecule is C[C@@H](c1ccccc1)N(Cc1cc(NC(=O)c2cccs2)ccc1N(C)C)C(=O)c1ccccc1Cl. The summed E-state index contributed by atoms with van der Waals surface area (Å²) in [6.45, 7) is 2.35. The molecule has 1 aromatic heterocycles. The van der Waals surface area contributed by atoms with Gasteiger partial charge in [-0.25, -0.2) is 0 Å². The second-order valence-electron chi connectivity index (χ2n) is 8.67. The van der Waals surface area contributed by atoms with Gasteiger partial charge >= 0.3 is 0 Å². The van der Waals surface area contributed by atoms with Gasteiger partial charge in [-0.15, -0.1) is 11.3 Å². The van der Waals surface area contributed by atoms with Crippen LogP contribution >= 0.6 is 22.9 Å². The monoisotopic (exact) mass is 517 g/mol. The molecule has 0 radical (unpaired) electrons. The molecule has 184 valence electrons. The number of hydrogen-bond acceptors (Lipinski definition) is 4. The van der Waals surface area contributed by atoms with Crippen molar-refractivity contribution in [1.29, 1.82) is 0 Å². The molecule has 4 rings (SSSR count). The fourth-order valence-electron chi connectivity index (χ4n) is 4.10. The predicted molar refractivity (Wildman–Crippen MR) is 149 cm³/mol. The maximum absolute atomic E-state index is 13.8. The topological polar surface area (TPSA) is 52.7 Å². The molecule has 0 saturated heterocycles. The summed E-state index contributed by atoms with van der Waals surface area (Å²) in [5.41, 5.74) is 4.02. The standard InChI is InChI=1S/C29H28ClN3O2S/c1-20(21-10-5-4-6-11-21)33(29(35)24-12-7-8-13-25(24)30)19-22-18-23(15-16-26(22)32(2)3)31-28(34)27-14-9-17-36-27/h4-18,20H,19H2,1-3H3,(H,31,34)/t20-/m0/s1. The Morgan fingerprint density at radius 1 is 0.944 bits per heavy atom. The van der Waals surface area contributed by atoms with Gasteiger partial charge < -0.3 is 15.1 Å². The highest BCUT2D eigenvalue weighted by atomic mass is 35.5. The third kappa shape index (κ3) is 5.78. The molecule has 0 bridgehead atoms. The second kappa shape index (κ2) is 11.4. The zero-order valence-electron chi connectivity index (χ0n) is 20.4. The molecular weight excluding hydrogens is 490 g/mol. The van der Waals surface area contributed by atoms with Crippen LogP contribution in [0.4, 0.5) is 11.4 Å². The molecule has 4 aromatic rings. The Bertz CT molecular complexity index is 1340. The van der Waals surface area contributed by atoms with Crippen molar-refractivity contribution in [2.24, 2.45) is 0 Å². The lowest BCUT2D eigenvalue weighted by atomic mass is 10.0. The van der Waals surface area contributed by atoms with Crippen LogP contribution in [0.5, 0.6) is 0 Å². The smallest absolute Gasteiger partial charge is 0.265 e. The molecule has 36 heavy (non-hydrogen) atoms. The van der Waals surface area contributed by atoms with Crippen molar-refractivity contribution in [3.05, 3.63) is 117 Å². The highest BCUT2D eigenvalue weighted by molar-refractivity contribution is 7.12. The average molecular weight is 518 g/mol. The molecular formula is C29H28ClN3O2S. The first-order valence-corrected chi connectivity index (χ1v) is 12.9. The van der Waals surface area contributed by atoms with E-state index in [4.69, 9.17) is 11.6 Å². The lowest BCUT2D eigenvalue weighted by Gasteiger charge is -2.32. The number of anilines is 2. The number of carbonyl (C=O) groups excluding carboxylic acids is 2. The number of thiophene rings is 1. The first kappa shape index (κ1) is 25.5. The summed E-state index contributed by atoms with van der Waals surface area (Å²) in [6, 6.07) is 26.2. The molecule has 2 amide bonds. The summed E-state index contributed by atoms with van der Waals surface area (Å²) >= 11 is 7.82. The van der Waals surface area contributed by atoms with Crippen LogP contribution in [0.2, 0.25) is 5.02 Å². The van der Waals surface area contributed by atoms with Gasteiger partial charge in [-0.05, 0) is 59.8 Å². The summed E-state index contributed by atoms with van der Waals surface area (Å²) in [6.07, 6.45) is 0. The van der Waals surface area contributed by atoms with E-state index in [1.165, 1.54) is 11.3 Å². The molecule has 0 aliphatic carbocycles. The van der Waals surface area contributed by atoms with Crippen molar-refractivity contribution in [3.63, 3.8) is 0 Å². The van der Waals surface area contributed by atoms with Gasteiger partial charge in [-0.3, -0.25) is 9.59 Å². The number of halogens is 1. The Morgan fingerprint density at radius 2 is 1.67 bits per heavy atom. The first-order valence-electron chi connectivity index (χ1n) is 11.6. The van der Waals surface area contributed by atoms with Gasteiger partial charge in [0.05, 0.1) is 21.5 Å². The van der Waals surface area contributed by atoms with Crippen LogP contribution in [0.1, 0.15) is 44.1 Å². The van der Waals surface area contributed by atoms with Crippen LogP contribution in [0.25, 0.3) is 0 Å². The molecule has 0 aliphatic heterocycles. The minimum atomic E-state index is -0.214. The largest absolute Gasteiger partial charge is 0.377 e. The molecule has 1 N–H and O–H groups in total. The maximum Gasteiger partial charge on any atom is 0.265 e. The van der Waals surface area contributed by atoms with E-state index in [0.717, 1.165) is 16.8 Å². The second-order valence-corrected chi connectivity index (χ2v) is 10.0. The predicted octanol–water partition coefficient (Wildman–Crippen LogP) is 7.12. The van der Waals surface area contributed by atoms with Gasteiger partial charge in [-0.2, -0.15) is 0 Å². The maximum atomic E-state index is 13.8. The molecule has 7 heteroatoms. The van der Waals surface area contributed by atoms with Crippen LogP contribution in [0, 0.1) is 0 Å². The molecule has 0 aliphatic rings. The summed E-state index contributed by atoms with van der Waals surface area (Å²) < 4.78 is 0. The normalized spacial score (nSPS) is 11.6. The molecule has 0 spiro atoms. The molecule has 1 atom stereocenters. The van der Waals surface area contributed by atoms with Crippen LogP contribution in [-0.4, -0.2) is 30.8 Å². The van der Waals surface area contributed by atoms with E-state index in [-0.39, 0.29) is 17.9 Å². The summed E-state index contributed by atoms with van der Waals surface area (Å²) in [7, 11) is 3.92. The Balaban J connectivity index is 1.72. The Labute approximate surface area is 220 Å². The highest BCUT2D eigenvalue weighted by Gasteiger charge is 2.26. The van der Waals surface area contributed by atoms with Crippen LogP contribution in [0.3, 0.4) is 0 Å². The highest BCUT2D eigenvalue weighted by Crippen LogP contribution is 2.31. The summed E-state index contributed by atoms with van der Waals surface area (Å²) in [5.74, 6) is -0.315. The third-order valence-electron chi connectivity index (χ3n) is 6.02. The fraction of sp³-hybridized carbons (Fsp3) is 0.172. The minimum Gasteiger partial charge on any atom is -0.377 e. The Hall–Kier alpha value is -3.61. The number of amides is 2. The van der Waals surface area contributed by atoms with Crippen molar-refractivity contribution < 1.29 is 9.59 Å². The summed E-state index contributed by atoms with van der Waals surface area (Å²) in [5, 5.41) is 5.27. The number of carbonyl (C=O) groups is 2. The lowest BCUT2D eigenvalue weighted by molar-refractivity contribution is 0.0674. The zero-order valence-corrected chi connectivity index (χ0v) is 22.0. The van der Waals surface area contributed by atoms with E-state index < -0.39 is 0 Å². The van der Waals surface area contributed by atoms with Gasteiger partial charge in [0.25, 0.3) is 11.8 Å². The number of rotatable bonds is 8. The summed E-state index contributed by atoms with van der Waals surface area (Å²) in [4.78, 5) is 31.0. The van der Waals surface area contributed by atoms with Gasteiger partial charge in [0, 0.05) is 32.0 Å². The van der Waals surface area contributed by atoms with E-state index in [0.29, 0.717) is 27.7 Å². The van der Waals surface area contributed by atoms with Gasteiger partial charge in [-0.1, -0.05) is 60.1 Å². The lowest BCUT2D eigenvalue weighted by Crippen LogP contribution is -2.34. The number of hydrogen-bond donors (Lipinski definition) is 1. The van der Waals surface area contributed by atoms with Crippen molar-refractivity contribution in [1.82, 2.24) is 4.90 Å². The third-order valence-corrected chi connectivity index (χ3v) is 7.22. The molecule has 0 fully saturated rings. The van der Waals surface area contributed by atoms with Crippen molar-refractivity contribution in [3.8, 4) is 0 Å². The zero-order chi connectivity index (χ0) is 25.7. The Kier molecular flexibility index (Phi) is 8.08. The van der Waals surface area contributed by atoms with Gasteiger partial charge in [0.2, 0.25) is 0 Å². The average Bonchev–Trinajstić information content (AvgIpc) is 3.43. The minimum absolute atomic E-state index is 0.157. The number of nitrogens with zero attached hydrogens (tertiary/aromatic N) is 2. The molecule has 0 saturated carbocycles. The van der Waals surface area contributed by atoms with E-state index in [1.54, 1.807) is 18.2 Å². The fourth-order valence-corrected chi connectivity index (χ4v) is 4.93. The van der Waals surface area contributed by atoms with Crippen molar-refractivity contribution in [2.45, 2.75) is 19.5 Å². The van der Waals surface area contributed by atoms with E-state index in [1.807, 2.05) is 103 Å². The van der Waals surface area contributed by atoms with Gasteiger partial charge in [0.15, 0.2) is 0 Å². The quantitative estimate of drug-likeness (QED) is 0.270. The molecule has 1 heterocycles. The number of benzene rings is 3. The van der Waals surface area contributed by atoms with Crippen molar-refractivity contribution in [2.75, 3.05) is 24.3 Å². The first-order chi connectivity index (χ1) is 17.3. The van der Waals surface area contributed by atoms with E-state index in [2.05, 4.69) is 5.32 Å².